The zero-order valence-corrected chi connectivity index (χ0v) is 14.5. The molecule has 0 atom stereocenters. The molecule has 3 heterocycles. The molecule has 0 spiro atoms. The van der Waals surface area contributed by atoms with Crippen molar-refractivity contribution >= 4 is 34.5 Å². The quantitative estimate of drug-likeness (QED) is 0.757. The van der Waals surface area contributed by atoms with Gasteiger partial charge in [-0.2, -0.15) is 0 Å². The van der Waals surface area contributed by atoms with Crippen molar-refractivity contribution in [1.29, 1.82) is 0 Å². The lowest BCUT2D eigenvalue weighted by molar-refractivity contribution is 0.171. The van der Waals surface area contributed by atoms with Gasteiger partial charge in [0.15, 0.2) is 11.5 Å². The highest BCUT2D eigenvalue weighted by atomic mass is 35.5. The normalized spacial score (nSPS) is 13.0. The molecule has 1 N–H and O–H groups in total. The second-order valence-corrected chi connectivity index (χ2v) is 6.33. The van der Waals surface area contributed by atoms with Crippen LogP contribution in [0.25, 0.3) is 5.65 Å². The summed E-state index contributed by atoms with van der Waals surface area (Å²) >= 11 is 12.2. The van der Waals surface area contributed by atoms with E-state index in [4.69, 9.17) is 32.7 Å². The Morgan fingerprint density at radius 2 is 1.88 bits per heavy atom. The van der Waals surface area contributed by atoms with Gasteiger partial charge in [0.25, 0.3) is 5.56 Å². The molecule has 6 nitrogen and oxygen atoms in total. The number of benzene rings is 1. The summed E-state index contributed by atoms with van der Waals surface area (Å²) in [5.74, 6) is 1.26. The average molecular weight is 378 g/mol. The van der Waals surface area contributed by atoms with Crippen LogP contribution in [0.5, 0.6) is 11.5 Å². The molecule has 25 heavy (non-hydrogen) atoms. The highest BCUT2D eigenvalue weighted by molar-refractivity contribution is 6.33. The van der Waals surface area contributed by atoms with Crippen LogP contribution in [-0.2, 0) is 6.54 Å². The predicted molar refractivity (Wildman–Crippen MR) is 96.2 cm³/mol. The predicted octanol–water partition coefficient (Wildman–Crippen LogP) is 3.38. The maximum Gasteiger partial charge on any atom is 0.258 e. The molecule has 0 unspecified atom stereocenters. The van der Waals surface area contributed by atoms with Crippen molar-refractivity contribution in [2.24, 2.45) is 0 Å². The summed E-state index contributed by atoms with van der Waals surface area (Å²) in [6.45, 7) is 1.35. The van der Waals surface area contributed by atoms with Crippen molar-refractivity contribution in [3.05, 3.63) is 62.6 Å². The van der Waals surface area contributed by atoms with E-state index in [1.165, 1.54) is 10.5 Å². The molecular formula is C17H13Cl2N3O3. The van der Waals surface area contributed by atoms with Crippen LogP contribution in [0.4, 0.5) is 5.69 Å². The van der Waals surface area contributed by atoms with E-state index in [1.54, 1.807) is 30.5 Å². The Hall–Kier alpha value is -2.44. The maximum atomic E-state index is 12.2. The first-order valence-corrected chi connectivity index (χ1v) is 8.36. The molecule has 4 rings (SSSR count). The number of hydrogen-bond acceptors (Lipinski definition) is 5. The third kappa shape index (κ3) is 3.23. The molecule has 8 heteroatoms. The minimum absolute atomic E-state index is 0.197. The van der Waals surface area contributed by atoms with Crippen molar-refractivity contribution in [3.63, 3.8) is 0 Å². The van der Waals surface area contributed by atoms with Crippen LogP contribution < -0.4 is 20.3 Å². The minimum atomic E-state index is -0.197. The molecule has 0 radical (unpaired) electrons. The highest BCUT2D eigenvalue weighted by Crippen LogP contribution is 2.38. The zero-order chi connectivity index (χ0) is 17.4. The number of aromatic nitrogens is 2. The third-order valence-electron chi connectivity index (χ3n) is 3.77. The topological polar surface area (TPSA) is 64.9 Å². The fraction of sp³-hybridized carbons (Fsp3) is 0.176. The van der Waals surface area contributed by atoms with Crippen LogP contribution in [0, 0.1) is 0 Å². The van der Waals surface area contributed by atoms with Crippen molar-refractivity contribution in [2.45, 2.75) is 6.54 Å². The number of anilines is 1. The summed E-state index contributed by atoms with van der Waals surface area (Å²) < 4.78 is 12.5. The second kappa shape index (κ2) is 6.46. The maximum absolute atomic E-state index is 12.2. The monoisotopic (exact) mass is 377 g/mol. The van der Waals surface area contributed by atoms with Crippen LogP contribution in [0.1, 0.15) is 5.69 Å². The molecule has 0 saturated carbocycles. The summed E-state index contributed by atoms with van der Waals surface area (Å²) in [7, 11) is 0. The summed E-state index contributed by atoms with van der Waals surface area (Å²) in [5.41, 5.74) is 1.61. The molecular weight excluding hydrogens is 365 g/mol. The van der Waals surface area contributed by atoms with E-state index in [0.717, 1.165) is 0 Å². The first-order valence-electron chi connectivity index (χ1n) is 7.61. The fourth-order valence-corrected chi connectivity index (χ4v) is 2.98. The van der Waals surface area contributed by atoms with E-state index in [0.29, 0.717) is 58.3 Å². The lowest BCUT2D eigenvalue weighted by atomic mass is 10.2. The molecule has 0 aliphatic carbocycles. The molecule has 0 amide bonds. The van der Waals surface area contributed by atoms with E-state index in [1.807, 2.05) is 0 Å². The van der Waals surface area contributed by atoms with Crippen molar-refractivity contribution in [2.75, 3.05) is 18.5 Å². The molecule has 128 valence electrons. The molecule has 1 aliphatic heterocycles. The number of pyridine rings is 1. The average Bonchev–Trinajstić information content (AvgIpc) is 2.60. The molecule has 1 aromatic carbocycles. The molecule has 2 aromatic heterocycles. The Kier molecular flexibility index (Phi) is 4.15. The Morgan fingerprint density at radius 3 is 2.68 bits per heavy atom. The number of halogens is 2. The molecule has 0 fully saturated rings. The number of ether oxygens (including phenoxy) is 2. The van der Waals surface area contributed by atoms with Gasteiger partial charge in [-0.15, -0.1) is 0 Å². The largest absolute Gasteiger partial charge is 0.486 e. The standard InChI is InChI=1S/C17H13Cl2N3O3/c18-10-1-2-16-21-11(5-17(23)22(16)9-10)8-20-13-7-15-14(6-12(13)19)24-3-4-25-15/h1-2,5-7,9,20H,3-4,8H2. The summed E-state index contributed by atoms with van der Waals surface area (Å²) in [5, 5.41) is 4.16. The van der Waals surface area contributed by atoms with Crippen LogP contribution in [0.2, 0.25) is 10.0 Å². The van der Waals surface area contributed by atoms with E-state index in [-0.39, 0.29) is 5.56 Å². The number of nitrogens with zero attached hydrogens (tertiary/aromatic N) is 2. The van der Waals surface area contributed by atoms with Crippen molar-refractivity contribution in [1.82, 2.24) is 9.38 Å². The number of hydrogen-bond donors (Lipinski definition) is 1. The summed E-state index contributed by atoms with van der Waals surface area (Å²) in [6, 6.07) is 8.35. The van der Waals surface area contributed by atoms with Crippen molar-refractivity contribution in [3.8, 4) is 11.5 Å². The Bertz CT molecular complexity index is 1020. The van der Waals surface area contributed by atoms with E-state index < -0.39 is 0 Å². The van der Waals surface area contributed by atoms with Gasteiger partial charge < -0.3 is 14.8 Å². The summed E-state index contributed by atoms with van der Waals surface area (Å²) in [6.07, 6.45) is 1.54. The van der Waals surface area contributed by atoms with Gasteiger partial charge in [-0.25, -0.2) is 4.98 Å². The SMILES string of the molecule is O=c1cc(CNc2cc3c(cc2Cl)OCCO3)nc2ccc(Cl)cn12. The van der Waals surface area contributed by atoms with Crippen LogP contribution in [0.15, 0.2) is 41.3 Å². The lowest BCUT2D eigenvalue weighted by Crippen LogP contribution is -2.17. The molecule has 1 aliphatic rings. The number of rotatable bonds is 3. The van der Waals surface area contributed by atoms with Gasteiger partial charge in [-0.1, -0.05) is 23.2 Å². The number of nitrogens with one attached hydrogen (secondary N) is 1. The first kappa shape index (κ1) is 16.1. The van der Waals surface area contributed by atoms with Gasteiger partial charge >= 0.3 is 0 Å². The van der Waals surface area contributed by atoms with Crippen LogP contribution in [-0.4, -0.2) is 22.6 Å². The highest BCUT2D eigenvalue weighted by Gasteiger charge is 2.15. The Balaban J connectivity index is 1.60. The number of fused-ring (bicyclic) bond motifs is 2. The molecule has 3 aromatic rings. The Morgan fingerprint density at radius 1 is 1.12 bits per heavy atom. The molecule has 0 bridgehead atoms. The van der Waals surface area contributed by atoms with E-state index in [9.17, 15) is 4.79 Å². The van der Waals surface area contributed by atoms with Gasteiger partial charge in [0.2, 0.25) is 0 Å². The Labute approximate surface area is 152 Å². The third-order valence-corrected chi connectivity index (χ3v) is 4.30. The second-order valence-electron chi connectivity index (χ2n) is 5.49. The van der Waals surface area contributed by atoms with Gasteiger partial charge in [0, 0.05) is 24.4 Å². The summed E-state index contributed by atoms with van der Waals surface area (Å²) in [4.78, 5) is 16.6. The van der Waals surface area contributed by atoms with Crippen LogP contribution in [0.3, 0.4) is 0 Å². The van der Waals surface area contributed by atoms with Gasteiger partial charge in [0.1, 0.15) is 18.9 Å². The van der Waals surface area contributed by atoms with Crippen molar-refractivity contribution < 1.29 is 9.47 Å². The minimum Gasteiger partial charge on any atom is -0.486 e. The first-order chi connectivity index (χ1) is 12.1. The van der Waals surface area contributed by atoms with Gasteiger partial charge in [0.05, 0.1) is 28.0 Å². The van der Waals surface area contributed by atoms with Gasteiger partial charge in [-0.3, -0.25) is 9.20 Å². The lowest BCUT2D eigenvalue weighted by Gasteiger charge is -2.20. The van der Waals surface area contributed by atoms with Crippen LogP contribution >= 0.6 is 23.2 Å². The fourth-order valence-electron chi connectivity index (χ4n) is 2.60. The van der Waals surface area contributed by atoms with Gasteiger partial charge in [-0.05, 0) is 12.1 Å². The smallest absolute Gasteiger partial charge is 0.258 e. The zero-order valence-electron chi connectivity index (χ0n) is 13.0. The van der Waals surface area contributed by atoms with E-state index >= 15 is 0 Å². The molecule has 0 saturated heterocycles. The van der Waals surface area contributed by atoms with E-state index in [2.05, 4.69) is 10.3 Å².